The number of hydrogen-bond acceptors (Lipinski definition) is 6. The van der Waals surface area contributed by atoms with Crippen molar-refractivity contribution in [2.45, 2.75) is 25.7 Å². The third kappa shape index (κ3) is 2.90. The summed E-state index contributed by atoms with van der Waals surface area (Å²) in [5, 5.41) is 3.83. The van der Waals surface area contributed by atoms with Gasteiger partial charge in [0.05, 0.1) is 17.1 Å². The smallest absolute Gasteiger partial charge is 0.259 e. The molecule has 0 aromatic carbocycles. The van der Waals surface area contributed by atoms with E-state index < -0.39 is 9.84 Å². The number of aryl methyl sites for hydroxylation is 1. The van der Waals surface area contributed by atoms with Gasteiger partial charge in [-0.2, -0.15) is 4.98 Å². The summed E-state index contributed by atoms with van der Waals surface area (Å²) in [4.78, 5) is 18.8. The summed E-state index contributed by atoms with van der Waals surface area (Å²) in [7, 11) is -2.93. The lowest BCUT2D eigenvalue weighted by Crippen LogP contribution is -2.22. The average Bonchev–Trinajstić information content (AvgIpc) is 2.88. The van der Waals surface area contributed by atoms with Crippen LogP contribution in [0.3, 0.4) is 0 Å². The van der Waals surface area contributed by atoms with Crippen molar-refractivity contribution in [2.75, 3.05) is 11.5 Å². The molecule has 0 saturated carbocycles. The second-order valence-corrected chi connectivity index (χ2v) is 7.57. The van der Waals surface area contributed by atoms with E-state index >= 15 is 0 Å². The van der Waals surface area contributed by atoms with Crippen LogP contribution in [0.2, 0.25) is 0 Å². The Hall–Kier alpha value is -1.96. The van der Waals surface area contributed by atoms with Gasteiger partial charge in [-0.15, -0.1) is 0 Å². The summed E-state index contributed by atoms with van der Waals surface area (Å²) >= 11 is 0. The van der Waals surface area contributed by atoms with Crippen molar-refractivity contribution in [1.82, 2.24) is 15.1 Å². The molecule has 0 bridgehead atoms. The molecule has 0 aliphatic carbocycles. The molecule has 112 valence electrons. The van der Waals surface area contributed by atoms with Gasteiger partial charge in [-0.25, -0.2) is 8.42 Å². The molecule has 1 fully saturated rings. The molecule has 3 heterocycles. The fourth-order valence-corrected chi connectivity index (χ4v) is 3.89. The van der Waals surface area contributed by atoms with Gasteiger partial charge in [0.25, 0.3) is 5.56 Å². The molecule has 7 nitrogen and oxygen atoms in total. The quantitative estimate of drug-likeness (QED) is 0.888. The first-order chi connectivity index (χ1) is 9.94. The van der Waals surface area contributed by atoms with Crippen molar-refractivity contribution in [1.29, 1.82) is 0 Å². The van der Waals surface area contributed by atoms with Gasteiger partial charge in [0, 0.05) is 11.6 Å². The highest BCUT2D eigenvalue weighted by Gasteiger charge is 2.28. The summed E-state index contributed by atoms with van der Waals surface area (Å²) in [6.07, 6.45) is 0.961. The number of sulfone groups is 1. The van der Waals surface area contributed by atoms with Crippen molar-refractivity contribution in [3.8, 4) is 11.4 Å². The first-order valence-electron chi connectivity index (χ1n) is 6.69. The van der Waals surface area contributed by atoms with Crippen LogP contribution in [0, 0.1) is 6.92 Å². The molecule has 0 atom stereocenters. The molecule has 3 rings (SSSR count). The van der Waals surface area contributed by atoms with Crippen LogP contribution in [0.15, 0.2) is 21.5 Å². The molecule has 21 heavy (non-hydrogen) atoms. The Balaban J connectivity index is 1.85. The van der Waals surface area contributed by atoms with E-state index in [-0.39, 0.29) is 28.8 Å². The van der Waals surface area contributed by atoms with Gasteiger partial charge in [0.1, 0.15) is 9.84 Å². The lowest BCUT2D eigenvalue weighted by atomic mass is 10.0. The lowest BCUT2D eigenvalue weighted by Gasteiger charge is -2.17. The molecule has 0 unspecified atom stereocenters. The molecule has 1 saturated heterocycles. The van der Waals surface area contributed by atoms with E-state index in [9.17, 15) is 13.2 Å². The van der Waals surface area contributed by atoms with Crippen LogP contribution in [0.1, 0.15) is 30.3 Å². The average molecular weight is 309 g/mol. The predicted molar refractivity (Wildman–Crippen MR) is 75.7 cm³/mol. The maximum atomic E-state index is 11.9. The minimum absolute atomic E-state index is 0.0562. The fraction of sp³-hybridized carbons (Fsp3) is 0.462. The first-order valence-corrected chi connectivity index (χ1v) is 8.51. The Morgan fingerprint density at radius 1 is 1.29 bits per heavy atom. The van der Waals surface area contributed by atoms with Gasteiger partial charge in [-0.3, -0.25) is 4.79 Å². The zero-order chi connectivity index (χ0) is 15.0. The highest BCUT2D eigenvalue weighted by atomic mass is 32.2. The third-order valence-corrected chi connectivity index (χ3v) is 5.36. The number of nitrogens with one attached hydrogen (secondary N) is 1. The van der Waals surface area contributed by atoms with E-state index in [1.807, 2.05) is 0 Å². The van der Waals surface area contributed by atoms with Crippen LogP contribution >= 0.6 is 0 Å². The fourth-order valence-electron chi connectivity index (χ4n) is 2.40. The normalized spacial score (nSPS) is 18.7. The molecule has 2 aromatic heterocycles. The Bertz CT molecular complexity index is 808. The monoisotopic (exact) mass is 309 g/mol. The topological polar surface area (TPSA) is 106 Å². The highest BCUT2D eigenvalue weighted by Crippen LogP contribution is 2.28. The maximum Gasteiger partial charge on any atom is 0.259 e. The summed E-state index contributed by atoms with van der Waals surface area (Å²) in [6.45, 7) is 1.79. The van der Waals surface area contributed by atoms with E-state index in [2.05, 4.69) is 15.1 Å². The largest absolute Gasteiger partial charge is 0.339 e. The van der Waals surface area contributed by atoms with Gasteiger partial charge in [-0.1, -0.05) is 5.16 Å². The van der Waals surface area contributed by atoms with Crippen LogP contribution in [0.5, 0.6) is 0 Å². The highest BCUT2D eigenvalue weighted by molar-refractivity contribution is 7.91. The van der Waals surface area contributed by atoms with E-state index in [4.69, 9.17) is 4.52 Å². The van der Waals surface area contributed by atoms with Crippen LogP contribution in [0.4, 0.5) is 0 Å². The number of hydrogen-bond donors (Lipinski definition) is 1. The van der Waals surface area contributed by atoms with Gasteiger partial charge >= 0.3 is 0 Å². The number of pyridine rings is 1. The van der Waals surface area contributed by atoms with Crippen LogP contribution in [-0.4, -0.2) is 35.0 Å². The maximum absolute atomic E-state index is 11.9. The van der Waals surface area contributed by atoms with E-state index in [0.717, 1.165) is 5.69 Å². The Morgan fingerprint density at radius 3 is 2.67 bits per heavy atom. The Labute approximate surface area is 121 Å². The predicted octanol–water partition coefficient (Wildman–Crippen LogP) is 1.03. The van der Waals surface area contributed by atoms with Gasteiger partial charge in [0.2, 0.25) is 11.7 Å². The molecule has 1 aliphatic rings. The number of aromatic nitrogens is 3. The number of aromatic amines is 1. The minimum atomic E-state index is -2.93. The molecule has 0 amide bonds. The molecular formula is C13H15N3O4S. The van der Waals surface area contributed by atoms with Gasteiger partial charge < -0.3 is 9.51 Å². The molecule has 1 N–H and O–H groups in total. The second-order valence-electron chi connectivity index (χ2n) is 5.27. The van der Waals surface area contributed by atoms with Gasteiger partial charge in [0.15, 0.2) is 0 Å². The summed E-state index contributed by atoms with van der Waals surface area (Å²) in [6, 6.07) is 3.41. The SMILES string of the molecule is Cc1ccc(-c2noc(C3CCS(=O)(=O)CC3)n2)c(=O)[nH]1. The van der Waals surface area contributed by atoms with E-state index in [1.54, 1.807) is 19.1 Å². The molecule has 0 radical (unpaired) electrons. The summed E-state index contributed by atoms with van der Waals surface area (Å²) < 4.78 is 28.0. The van der Waals surface area contributed by atoms with Crippen molar-refractivity contribution < 1.29 is 12.9 Å². The van der Waals surface area contributed by atoms with E-state index in [0.29, 0.717) is 24.3 Å². The second kappa shape index (κ2) is 5.10. The van der Waals surface area contributed by atoms with Crippen molar-refractivity contribution in [3.63, 3.8) is 0 Å². The molecule has 2 aromatic rings. The van der Waals surface area contributed by atoms with Crippen LogP contribution < -0.4 is 5.56 Å². The van der Waals surface area contributed by atoms with Crippen LogP contribution in [-0.2, 0) is 9.84 Å². The first kappa shape index (κ1) is 14.0. The zero-order valence-corrected chi connectivity index (χ0v) is 12.3. The Kier molecular flexibility index (Phi) is 3.40. The van der Waals surface area contributed by atoms with Crippen molar-refractivity contribution >= 4 is 9.84 Å². The molecule has 0 spiro atoms. The number of rotatable bonds is 2. The lowest BCUT2D eigenvalue weighted by molar-refractivity contribution is 0.344. The standard InChI is InChI=1S/C13H15N3O4S/c1-8-2-3-10(12(17)14-8)11-15-13(20-16-11)9-4-6-21(18,19)7-5-9/h2-3,9H,4-7H2,1H3,(H,14,17). The Morgan fingerprint density at radius 2 is 2.00 bits per heavy atom. The molecular weight excluding hydrogens is 294 g/mol. The van der Waals surface area contributed by atoms with E-state index in [1.165, 1.54) is 0 Å². The van der Waals surface area contributed by atoms with Crippen molar-refractivity contribution in [2.24, 2.45) is 0 Å². The zero-order valence-electron chi connectivity index (χ0n) is 11.5. The van der Waals surface area contributed by atoms with Crippen LogP contribution in [0.25, 0.3) is 11.4 Å². The molecule has 8 heteroatoms. The minimum Gasteiger partial charge on any atom is -0.339 e. The third-order valence-electron chi connectivity index (χ3n) is 3.64. The summed E-state index contributed by atoms with van der Waals surface area (Å²) in [5.41, 5.74) is 0.831. The van der Waals surface area contributed by atoms with Gasteiger partial charge in [-0.05, 0) is 31.9 Å². The summed E-state index contributed by atoms with van der Waals surface area (Å²) in [5.74, 6) is 0.861. The van der Waals surface area contributed by atoms with Crippen molar-refractivity contribution in [3.05, 3.63) is 34.1 Å². The number of nitrogens with zero attached hydrogens (tertiary/aromatic N) is 2. The number of H-pyrrole nitrogens is 1. The molecule has 1 aliphatic heterocycles.